The molecule has 1 aliphatic rings. The Kier molecular flexibility index (Phi) is 4.46. The molecule has 24 heavy (non-hydrogen) atoms. The highest BCUT2D eigenvalue weighted by molar-refractivity contribution is 6.30. The van der Waals surface area contributed by atoms with Crippen LogP contribution < -0.4 is 10.2 Å². The van der Waals surface area contributed by atoms with E-state index in [1.165, 1.54) is 0 Å². The lowest BCUT2D eigenvalue weighted by Gasteiger charge is -2.32. The van der Waals surface area contributed by atoms with Gasteiger partial charge in [-0.2, -0.15) is 0 Å². The van der Waals surface area contributed by atoms with Crippen LogP contribution in [-0.4, -0.2) is 22.6 Å². The van der Waals surface area contributed by atoms with Crippen molar-refractivity contribution < 1.29 is 14.6 Å². The minimum Gasteiger partial charge on any atom is -0.484 e. The van der Waals surface area contributed by atoms with Crippen LogP contribution in [0.1, 0.15) is 12.5 Å². The molecule has 0 fully saturated rings. The molecular weight excluding hydrogens is 328 g/mol. The number of hydrazine groups is 1. The first-order valence-corrected chi connectivity index (χ1v) is 7.82. The minimum absolute atomic E-state index is 0.200. The molecule has 2 aromatic carbocycles. The van der Waals surface area contributed by atoms with Crippen LogP contribution in [0.15, 0.2) is 66.4 Å². The van der Waals surface area contributed by atoms with E-state index in [1.807, 2.05) is 18.2 Å². The number of amides is 1. The van der Waals surface area contributed by atoms with Gasteiger partial charge in [0, 0.05) is 16.3 Å². The molecule has 6 heteroatoms. The number of para-hydroxylation sites is 1. The van der Waals surface area contributed by atoms with Crippen molar-refractivity contribution in [2.24, 2.45) is 0 Å². The summed E-state index contributed by atoms with van der Waals surface area (Å²) in [7, 11) is 0. The Balaban J connectivity index is 1.78. The molecule has 124 valence electrons. The summed E-state index contributed by atoms with van der Waals surface area (Å²) in [6.45, 7) is 1.57. The predicted molar refractivity (Wildman–Crippen MR) is 91.0 cm³/mol. The lowest BCUT2D eigenvalue weighted by molar-refractivity contribution is -0.158. The minimum atomic E-state index is -1.59. The van der Waals surface area contributed by atoms with Gasteiger partial charge in [-0.1, -0.05) is 41.9 Å². The zero-order chi connectivity index (χ0) is 17.2. The monoisotopic (exact) mass is 344 g/mol. The highest BCUT2D eigenvalue weighted by Gasteiger charge is 2.42. The Morgan fingerprint density at radius 1 is 1.21 bits per heavy atom. The van der Waals surface area contributed by atoms with Crippen molar-refractivity contribution in [3.63, 3.8) is 0 Å². The number of nitrogens with zero attached hydrogens (tertiary/aromatic N) is 1. The maximum Gasteiger partial charge on any atom is 0.282 e. The van der Waals surface area contributed by atoms with Gasteiger partial charge in [0.15, 0.2) is 6.61 Å². The van der Waals surface area contributed by atoms with E-state index in [9.17, 15) is 9.90 Å². The molecule has 1 atom stereocenters. The molecule has 0 unspecified atom stereocenters. The van der Waals surface area contributed by atoms with E-state index in [1.54, 1.807) is 49.4 Å². The molecule has 5 nitrogen and oxygen atoms in total. The molecule has 0 radical (unpaired) electrons. The van der Waals surface area contributed by atoms with Gasteiger partial charge >= 0.3 is 0 Å². The highest BCUT2D eigenvalue weighted by Crippen LogP contribution is 2.32. The van der Waals surface area contributed by atoms with Gasteiger partial charge in [0.25, 0.3) is 5.91 Å². The van der Waals surface area contributed by atoms with Crippen LogP contribution in [0.5, 0.6) is 5.75 Å². The van der Waals surface area contributed by atoms with Crippen LogP contribution in [0.2, 0.25) is 5.02 Å². The van der Waals surface area contributed by atoms with Gasteiger partial charge in [-0.25, -0.2) is 5.01 Å². The molecule has 1 heterocycles. The van der Waals surface area contributed by atoms with E-state index in [4.69, 9.17) is 16.3 Å². The van der Waals surface area contributed by atoms with Crippen LogP contribution >= 0.6 is 11.6 Å². The average Bonchev–Trinajstić information content (AvgIpc) is 2.90. The van der Waals surface area contributed by atoms with Gasteiger partial charge in [-0.15, -0.1) is 0 Å². The third-order valence-electron chi connectivity index (χ3n) is 3.67. The SMILES string of the molecule is CC1=C[C@@](O)(c2ccc(Cl)cc2)N(C(=O)COc2ccccc2)N1. The summed E-state index contributed by atoms with van der Waals surface area (Å²) in [6.07, 6.45) is 1.58. The number of hydrogen-bond donors (Lipinski definition) is 2. The number of nitrogens with one attached hydrogen (secondary N) is 1. The van der Waals surface area contributed by atoms with Crippen molar-refractivity contribution in [2.75, 3.05) is 6.61 Å². The van der Waals surface area contributed by atoms with Crippen LogP contribution in [0.25, 0.3) is 0 Å². The van der Waals surface area contributed by atoms with Gasteiger partial charge in [0.05, 0.1) is 0 Å². The Bertz CT molecular complexity index is 762. The highest BCUT2D eigenvalue weighted by atomic mass is 35.5. The summed E-state index contributed by atoms with van der Waals surface area (Å²) in [5, 5.41) is 12.7. The Morgan fingerprint density at radius 3 is 2.54 bits per heavy atom. The first-order chi connectivity index (χ1) is 11.5. The summed E-state index contributed by atoms with van der Waals surface area (Å²) in [6, 6.07) is 15.7. The van der Waals surface area contributed by atoms with E-state index < -0.39 is 11.6 Å². The van der Waals surface area contributed by atoms with E-state index in [-0.39, 0.29) is 6.61 Å². The molecule has 1 amide bonds. The Labute approximate surface area is 145 Å². The maximum absolute atomic E-state index is 12.5. The van der Waals surface area contributed by atoms with E-state index >= 15 is 0 Å². The number of ether oxygens (including phenoxy) is 1. The number of rotatable bonds is 4. The lowest BCUT2D eigenvalue weighted by atomic mass is 10.0. The van der Waals surface area contributed by atoms with Crippen molar-refractivity contribution in [2.45, 2.75) is 12.6 Å². The second-order valence-corrected chi connectivity index (χ2v) is 5.94. The summed E-state index contributed by atoms with van der Waals surface area (Å²) in [4.78, 5) is 12.5. The molecule has 1 aliphatic heterocycles. The fourth-order valence-corrected chi connectivity index (χ4v) is 2.67. The summed E-state index contributed by atoms with van der Waals surface area (Å²) in [5.41, 5.74) is 2.48. The van der Waals surface area contributed by atoms with Gasteiger partial charge in [-0.3, -0.25) is 10.2 Å². The number of carbonyl (C=O) groups is 1. The van der Waals surface area contributed by atoms with Crippen molar-refractivity contribution >= 4 is 17.5 Å². The fraction of sp³-hybridized carbons (Fsp3) is 0.167. The summed E-state index contributed by atoms with van der Waals surface area (Å²) < 4.78 is 5.48. The van der Waals surface area contributed by atoms with Crippen LogP contribution in [0.4, 0.5) is 0 Å². The third-order valence-corrected chi connectivity index (χ3v) is 3.92. The fourth-order valence-electron chi connectivity index (χ4n) is 2.55. The van der Waals surface area contributed by atoms with E-state index in [2.05, 4.69) is 5.43 Å². The number of halogens is 1. The summed E-state index contributed by atoms with van der Waals surface area (Å²) in [5.74, 6) is 0.189. The molecule has 0 aliphatic carbocycles. The average molecular weight is 345 g/mol. The molecule has 2 N–H and O–H groups in total. The van der Waals surface area contributed by atoms with E-state index in [0.717, 1.165) is 5.01 Å². The topological polar surface area (TPSA) is 61.8 Å². The number of benzene rings is 2. The molecular formula is C18H17ClN2O3. The van der Waals surface area contributed by atoms with Crippen molar-refractivity contribution in [1.29, 1.82) is 0 Å². The normalized spacial score (nSPS) is 19.6. The number of carbonyl (C=O) groups excluding carboxylic acids is 1. The van der Waals surface area contributed by atoms with Gasteiger partial charge in [-0.05, 0) is 37.3 Å². The predicted octanol–water partition coefficient (Wildman–Crippen LogP) is 2.81. The molecule has 0 spiro atoms. The standard InChI is InChI=1S/C18H17ClN2O3/c1-13-11-18(23,14-7-9-15(19)10-8-14)21(20-13)17(22)12-24-16-5-3-2-4-6-16/h2-11,20,23H,12H2,1H3/t18-/m1/s1. The molecule has 3 rings (SSSR count). The van der Waals surface area contributed by atoms with Crippen LogP contribution in [0, 0.1) is 0 Å². The lowest BCUT2D eigenvalue weighted by Crippen LogP contribution is -2.52. The van der Waals surface area contributed by atoms with Gasteiger partial charge < -0.3 is 9.84 Å². The Morgan fingerprint density at radius 2 is 1.88 bits per heavy atom. The van der Waals surface area contributed by atoms with Crippen molar-refractivity contribution in [3.05, 3.63) is 77.0 Å². The smallest absolute Gasteiger partial charge is 0.282 e. The first-order valence-electron chi connectivity index (χ1n) is 7.44. The largest absolute Gasteiger partial charge is 0.484 e. The van der Waals surface area contributed by atoms with Crippen LogP contribution in [0.3, 0.4) is 0 Å². The van der Waals surface area contributed by atoms with Crippen molar-refractivity contribution in [3.8, 4) is 5.75 Å². The third kappa shape index (κ3) is 3.22. The maximum atomic E-state index is 12.5. The molecule has 0 saturated carbocycles. The Hall–Kier alpha value is -2.50. The second kappa shape index (κ2) is 6.55. The molecule has 0 saturated heterocycles. The van der Waals surface area contributed by atoms with E-state index in [0.29, 0.717) is 22.0 Å². The van der Waals surface area contributed by atoms with Gasteiger partial charge in [0.1, 0.15) is 5.75 Å². The zero-order valence-electron chi connectivity index (χ0n) is 13.1. The van der Waals surface area contributed by atoms with Crippen molar-refractivity contribution in [1.82, 2.24) is 10.4 Å². The molecule has 2 aromatic rings. The molecule has 0 aromatic heterocycles. The van der Waals surface area contributed by atoms with Gasteiger partial charge in [0.2, 0.25) is 5.72 Å². The quantitative estimate of drug-likeness (QED) is 0.895. The molecule has 0 bridgehead atoms. The number of hydrogen-bond acceptors (Lipinski definition) is 4. The zero-order valence-corrected chi connectivity index (χ0v) is 13.8. The second-order valence-electron chi connectivity index (χ2n) is 5.50. The number of aliphatic hydroxyl groups is 1. The summed E-state index contributed by atoms with van der Waals surface area (Å²) >= 11 is 5.90. The first kappa shape index (κ1) is 16.4. The van der Waals surface area contributed by atoms with Crippen LogP contribution in [-0.2, 0) is 10.5 Å². The number of allylic oxidation sites excluding steroid dienone is 1.